The average molecular weight is 235 g/mol. The zero-order chi connectivity index (χ0) is 13.0. The summed E-state index contributed by atoms with van der Waals surface area (Å²) in [6, 6.07) is 0. The van der Waals surface area contributed by atoms with E-state index in [1.807, 2.05) is 34.6 Å². The molecule has 4 atom stereocenters. The van der Waals surface area contributed by atoms with E-state index in [0.717, 1.165) is 0 Å². The lowest BCUT2D eigenvalue weighted by atomic mass is 9.73. The highest BCUT2D eigenvalue weighted by Crippen LogP contribution is 2.43. The Labute approximate surface area is 103 Å². The van der Waals surface area contributed by atoms with Gasteiger partial charge in [0.25, 0.3) is 0 Å². The summed E-state index contributed by atoms with van der Waals surface area (Å²) in [5.74, 6) is 0.0517. The summed E-state index contributed by atoms with van der Waals surface area (Å²) < 4.78 is 0. The van der Waals surface area contributed by atoms with Crippen LogP contribution in [0.2, 0.25) is 0 Å². The molecule has 3 heteroatoms. The number of rotatable bonds is 0. The number of amides is 2. The number of likely N-dealkylation sites (tertiary alicyclic amines) is 1. The Morgan fingerprint density at radius 2 is 1.29 bits per heavy atom. The van der Waals surface area contributed by atoms with Gasteiger partial charge in [0.1, 0.15) is 0 Å². The van der Waals surface area contributed by atoms with Gasteiger partial charge in [-0.05, 0) is 32.6 Å². The molecule has 0 bridgehead atoms. The van der Waals surface area contributed by atoms with Crippen LogP contribution in [0.4, 0.5) is 0 Å². The van der Waals surface area contributed by atoms with Crippen LogP contribution in [0.1, 0.15) is 34.6 Å². The first kappa shape index (κ1) is 12.3. The van der Waals surface area contributed by atoms with Crippen molar-refractivity contribution in [3.05, 3.63) is 12.2 Å². The molecule has 17 heavy (non-hydrogen) atoms. The zero-order valence-electron chi connectivity index (χ0n) is 11.2. The van der Waals surface area contributed by atoms with E-state index in [4.69, 9.17) is 0 Å². The van der Waals surface area contributed by atoms with Crippen LogP contribution in [0.25, 0.3) is 0 Å². The fraction of sp³-hybridized carbons (Fsp3) is 0.714. The molecule has 0 saturated carbocycles. The Hall–Kier alpha value is -1.12. The lowest BCUT2D eigenvalue weighted by Gasteiger charge is -2.30. The van der Waals surface area contributed by atoms with Gasteiger partial charge in [0.15, 0.2) is 0 Å². The standard InChI is InChI=1S/C14H21NO2/c1-8-6-7-9(2)11-10(8)12(16)15(13(11)17)14(3,4)5/h6-11H,1-5H3. The zero-order valence-corrected chi connectivity index (χ0v) is 11.2. The maximum Gasteiger partial charge on any atom is 0.234 e. The fourth-order valence-corrected chi connectivity index (χ4v) is 3.07. The van der Waals surface area contributed by atoms with Crippen LogP contribution in [0, 0.1) is 23.7 Å². The quantitative estimate of drug-likeness (QED) is 0.477. The summed E-state index contributed by atoms with van der Waals surface area (Å²) in [6.07, 6.45) is 4.15. The number of carbonyl (C=O) groups is 2. The predicted octanol–water partition coefficient (Wildman–Crippen LogP) is 2.23. The highest BCUT2D eigenvalue weighted by Gasteiger charge is 2.54. The highest BCUT2D eigenvalue weighted by atomic mass is 16.2. The molecule has 0 spiro atoms. The van der Waals surface area contributed by atoms with Crippen molar-refractivity contribution in [2.45, 2.75) is 40.2 Å². The first-order valence-corrected chi connectivity index (χ1v) is 6.31. The molecule has 0 radical (unpaired) electrons. The van der Waals surface area contributed by atoms with Crippen molar-refractivity contribution in [2.75, 3.05) is 0 Å². The largest absolute Gasteiger partial charge is 0.277 e. The smallest absolute Gasteiger partial charge is 0.234 e. The monoisotopic (exact) mass is 235 g/mol. The second-order valence-corrected chi connectivity index (χ2v) is 6.34. The van der Waals surface area contributed by atoms with E-state index in [-0.39, 0.29) is 35.5 Å². The minimum absolute atomic E-state index is 0.0104. The Morgan fingerprint density at radius 3 is 1.59 bits per heavy atom. The second-order valence-electron chi connectivity index (χ2n) is 6.34. The summed E-state index contributed by atoms with van der Waals surface area (Å²) in [7, 11) is 0. The van der Waals surface area contributed by atoms with E-state index in [1.54, 1.807) is 0 Å². The number of nitrogens with zero attached hydrogens (tertiary/aromatic N) is 1. The van der Waals surface area contributed by atoms with Crippen LogP contribution < -0.4 is 0 Å². The number of carbonyl (C=O) groups excluding carboxylic acids is 2. The molecular weight excluding hydrogens is 214 g/mol. The van der Waals surface area contributed by atoms with Crippen LogP contribution in [0.5, 0.6) is 0 Å². The third-order valence-electron chi connectivity index (χ3n) is 3.92. The second kappa shape index (κ2) is 3.69. The molecule has 0 N–H and O–H groups in total. The van der Waals surface area contributed by atoms with Crippen LogP contribution in [-0.2, 0) is 9.59 Å². The lowest BCUT2D eigenvalue weighted by Crippen LogP contribution is -2.46. The number of allylic oxidation sites excluding steroid dienone is 2. The first-order chi connectivity index (χ1) is 7.75. The molecule has 1 aliphatic heterocycles. The van der Waals surface area contributed by atoms with Gasteiger partial charge in [-0.15, -0.1) is 0 Å². The van der Waals surface area contributed by atoms with Gasteiger partial charge in [-0.3, -0.25) is 14.5 Å². The third-order valence-corrected chi connectivity index (χ3v) is 3.92. The van der Waals surface area contributed by atoms with E-state index >= 15 is 0 Å². The molecule has 1 aliphatic carbocycles. The maximum absolute atomic E-state index is 12.4. The van der Waals surface area contributed by atoms with Crippen molar-refractivity contribution < 1.29 is 9.59 Å². The normalized spacial score (nSPS) is 37.6. The summed E-state index contributed by atoms with van der Waals surface area (Å²) >= 11 is 0. The number of hydrogen-bond donors (Lipinski definition) is 0. The minimum Gasteiger partial charge on any atom is -0.277 e. The molecule has 2 amide bonds. The molecule has 4 unspecified atom stereocenters. The molecule has 3 nitrogen and oxygen atoms in total. The van der Waals surface area contributed by atoms with Gasteiger partial charge in [0.2, 0.25) is 11.8 Å². The SMILES string of the molecule is CC1C=CC(C)C2C(=O)N(C(C)(C)C)C(=O)C12. The molecule has 94 valence electrons. The molecule has 2 rings (SSSR count). The predicted molar refractivity (Wildman–Crippen MR) is 66.1 cm³/mol. The minimum atomic E-state index is -0.412. The molecule has 1 saturated heterocycles. The Bertz CT molecular complexity index is 362. The van der Waals surface area contributed by atoms with E-state index in [9.17, 15) is 9.59 Å². The van der Waals surface area contributed by atoms with Crippen molar-refractivity contribution in [2.24, 2.45) is 23.7 Å². The van der Waals surface area contributed by atoms with Crippen LogP contribution in [-0.4, -0.2) is 22.3 Å². The molecule has 2 aliphatic rings. The van der Waals surface area contributed by atoms with Crippen molar-refractivity contribution in [3.63, 3.8) is 0 Å². The lowest BCUT2D eigenvalue weighted by molar-refractivity contribution is -0.145. The van der Waals surface area contributed by atoms with Crippen LogP contribution in [0.15, 0.2) is 12.2 Å². The summed E-state index contributed by atoms with van der Waals surface area (Å²) in [5, 5.41) is 0. The first-order valence-electron chi connectivity index (χ1n) is 6.31. The molecule has 1 heterocycles. The molecule has 1 fully saturated rings. The molecule has 0 aromatic rings. The van der Waals surface area contributed by atoms with E-state index in [2.05, 4.69) is 12.2 Å². The topological polar surface area (TPSA) is 37.4 Å². The average Bonchev–Trinajstić information content (AvgIpc) is 2.45. The molecular formula is C14H21NO2. The summed E-state index contributed by atoms with van der Waals surface area (Å²) in [4.78, 5) is 26.3. The van der Waals surface area contributed by atoms with Gasteiger partial charge in [-0.1, -0.05) is 26.0 Å². The van der Waals surface area contributed by atoms with Crippen LogP contribution in [0.3, 0.4) is 0 Å². The number of hydrogen-bond acceptors (Lipinski definition) is 2. The molecule has 0 aromatic heterocycles. The summed E-state index contributed by atoms with van der Waals surface area (Å²) in [5.41, 5.74) is -0.412. The van der Waals surface area contributed by atoms with Gasteiger partial charge >= 0.3 is 0 Å². The Balaban J connectivity index is 2.43. The highest BCUT2D eigenvalue weighted by molar-refractivity contribution is 6.06. The Kier molecular flexibility index (Phi) is 2.68. The van der Waals surface area contributed by atoms with Crippen molar-refractivity contribution in [3.8, 4) is 0 Å². The summed E-state index contributed by atoms with van der Waals surface area (Å²) in [6.45, 7) is 9.81. The van der Waals surface area contributed by atoms with Crippen molar-refractivity contribution >= 4 is 11.8 Å². The fourth-order valence-electron chi connectivity index (χ4n) is 3.07. The maximum atomic E-state index is 12.4. The van der Waals surface area contributed by atoms with Gasteiger partial charge in [0.05, 0.1) is 11.8 Å². The van der Waals surface area contributed by atoms with Crippen molar-refractivity contribution in [1.82, 2.24) is 4.90 Å². The Morgan fingerprint density at radius 1 is 0.941 bits per heavy atom. The molecule has 0 aromatic carbocycles. The van der Waals surface area contributed by atoms with Gasteiger partial charge < -0.3 is 0 Å². The van der Waals surface area contributed by atoms with E-state index in [0.29, 0.717) is 0 Å². The van der Waals surface area contributed by atoms with Gasteiger partial charge in [-0.2, -0.15) is 0 Å². The van der Waals surface area contributed by atoms with Crippen LogP contribution >= 0.6 is 0 Å². The van der Waals surface area contributed by atoms with Gasteiger partial charge in [0, 0.05) is 5.54 Å². The van der Waals surface area contributed by atoms with Crippen molar-refractivity contribution in [1.29, 1.82) is 0 Å². The third kappa shape index (κ3) is 1.72. The number of imide groups is 1. The van der Waals surface area contributed by atoms with Gasteiger partial charge in [-0.25, -0.2) is 0 Å². The van der Waals surface area contributed by atoms with E-state index < -0.39 is 5.54 Å². The van der Waals surface area contributed by atoms with E-state index in [1.165, 1.54) is 4.90 Å². The number of fused-ring (bicyclic) bond motifs is 1.